The van der Waals surface area contributed by atoms with E-state index in [1.165, 1.54) is 0 Å². The third-order valence-electron chi connectivity index (χ3n) is 1.14. The minimum absolute atomic E-state index is 0.0712. The zero-order valence-corrected chi connectivity index (χ0v) is 10.2. The van der Waals surface area contributed by atoms with Crippen LogP contribution in [0.25, 0.3) is 0 Å². The highest BCUT2D eigenvalue weighted by Gasteiger charge is 2.02. The van der Waals surface area contributed by atoms with E-state index in [0.29, 0.717) is 0 Å². The second-order valence-corrected chi connectivity index (χ2v) is 5.37. The summed E-state index contributed by atoms with van der Waals surface area (Å²) in [6.45, 7) is 12.6. The van der Waals surface area contributed by atoms with E-state index in [-0.39, 0.29) is 10.8 Å². The lowest BCUT2D eigenvalue weighted by Gasteiger charge is -2.06. The molecule has 0 nitrogen and oxygen atoms in total. The summed E-state index contributed by atoms with van der Waals surface area (Å²) in [7, 11) is 0. The van der Waals surface area contributed by atoms with Gasteiger partial charge in [-0.05, 0) is 53.7 Å². The summed E-state index contributed by atoms with van der Waals surface area (Å²) in [5.41, 5.74) is 0.142. The Morgan fingerprint density at radius 1 is 0.643 bits per heavy atom. The Morgan fingerprint density at radius 2 is 0.929 bits per heavy atom. The van der Waals surface area contributed by atoms with Crippen LogP contribution in [0.15, 0.2) is 12.2 Å². The van der Waals surface area contributed by atoms with Crippen LogP contribution in [0.1, 0.15) is 41.5 Å². The molecule has 0 radical (unpaired) electrons. The highest BCUT2D eigenvalue weighted by molar-refractivity contribution is 5.27. The molecule has 0 saturated heterocycles. The monoisotopic (exact) mass is 188 g/mol. The van der Waals surface area contributed by atoms with Gasteiger partial charge in [-0.2, -0.15) is 0 Å². The predicted molar refractivity (Wildman–Crippen MR) is 63.6 cm³/mol. The van der Waals surface area contributed by atoms with Crippen molar-refractivity contribution in [3.63, 3.8) is 0 Å². The van der Waals surface area contributed by atoms with Crippen molar-refractivity contribution in [1.82, 2.24) is 0 Å². The van der Waals surface area contributed by atoms with Crippen LogP contribution in [0.4, 0.5) is 0 Å². The van der Waals surface area contributed by atoms with Crippen molar-refractivity contribution in [2.24, 2.45) is 10.8 Å². The van der Waals surface area contributed by atoms with Gasteiger partial charge in [0.1, 0.15) is 0 Å². The summed E-state index contributed by atoms with van der Waals surface area (Å²) in [6.07, 6.45) is 3.62. The Kier molecular flexibility index (Phi) is 4.52. The molecule has 0 aliphatic heterocycles. The van der Waals surface area contributed by atoms with Crippen LogP contribution >= 0.6 is 0 Å². The average molecular weight is 188 g/mol. The van der Waals surface area contributed by atoms with E-state index in [0.717, 1.165) is 0 Å². The van der Waals surface area contributed by atoms with Crippen LogP contribution in [-0.4, -0.2) is 0 Å². The fourth-order valence-corrected chi connectivity index (χ4v) is 0.600. The smallest absolute Gasteiger partial charge is 0.0233 e. The highest BCUT2D eigenvalue weighted by Crippen LogP contribution is 2.10. The molecule has 0 N–H and O–H groups in total. The molecule has 76 valence electrons. The van der Waals surface area contributed by atoms with Gasteiger partial charge in [0, 0.05) is 10.8 Å². The van der Waals surface area contributed by atoms with Crippen molar-refractivity contribution in [1.29, 1.82) is 0 Å². The number of hydrogen-bond acceptors (Lipinski definition) is 0. The molecule has 0 aromatic carbocycles. The molecule has 0 bridgehead atoms. The molecule has 0 rings (SSSR count). The van der Waals surface area contributed by atoms with Crippen LogP contribution in [0, 0.1) is 34.5 Å². The first-order chi connectivity index (χ1) is 6.21. The van der Waals surface area contributed by atoms with Gasteiger partial charge < -0.3 is 0 Å². The van der Waals surface area contributed by atoms with Crippen molar-refractivity contribution in [3.05, 3.63) is 12.2 Å². The lowest BCUT2D eigenvalue weighted by atomic mass is 9.98. The van der Waals surface area contributed by atoms with Crippen LogP contribution in [-0.2, 0) is 0 Å². The zero-order valence-electron chi connectivity index (χ0n) is 10.2. The lowest BCUT2D eigenvalue weighted by Crippen LogP contribution is -1.99. The SMILES string of the molecule is CC(C)(C)C#C/C=C\C#CC(C)(C)C. The van der Waals surface area contributed by atoms with Gasteiger partial charge in [-0.25, -0.2) is 0 Å². The molecular weight excluding hydrogens is 168 g/mol. The Labute approximate surface area is 88.8 Å². The van der Waals surface area contributed by atoms with Gasteiger partial charge in [0.05, 0.1) is 0 Å². The molecule has 0 spiro atoms. The Hall–Kier alpha value is -1.14. The van der Waals surface area contributed by atoms with Gasteiger partial charge in [0.25, 0.3) is 0 Å². The Balaban J connectivity index is 4.20. The summed E-state index contributed by atoms with van der Waals surface area (Å²) in [4.78, 5) is 0. The maximum atomic E-state index is 3.11. The van der Waals surface area contributed by atoms with Gasteiger partial charge in [-0.3, -0.25) is 0 Å². The Morgan fingerprint density at radius 3 is 1.14 bits per heavy atom. The molecule has 0 aliphatic rings. The predicted octanol–water partition coefficient (Wildman–Crippen LogP) is 3.64. The van der Waals surface area contributed by atoms with E-state index in [4.69, 9.17) is 0 Å². The maximum Gasteiger partial charge on any atom is 0.0233 e. The molecule has 0 amide bonds. The molecule has 0 saturated carbocycles. The van der Waals surface area contributed by atoms with Gasteiger partial charge in [0.15, 0.2) is 0 Å². The van der Waals surface area contributed by atoms with Crippen LogP contribution in [0.5, 0.6) is 0 Å². The van der Waals surface area contributed by atoms with Crippen molar-refractivity contribution in [3.8, 4) is 23.7 Å². The van der Waals surface area contributed by atoms with Crippen molar-refractivity contribution in [2.45, 2.75) is 41.5 Å². The summed E-state index contributed by atoms with van der Waals surface area (Å²) in [6, 6.07) is 0. The van der Waals surface area contributed by atoms with Gasteiger partial charge in [-0.15, -0.1) is 0 Å². The van der Waals surface area contributed by atoms with Crippen molar-refractivity contribution >= 4 is 0 Å². The zero-order chi connectivity index (χ0) is 11.2. The maximum absolute atomic E-state index is 3.11. The molecule has 0 fully saturated rings. The fraction of sp³-hybridized carbons (Fsp3) is 0.571. The first-order valence-electron chi connectivity index (χ1n) is 4.91. The molecular formula is C14H20. The van der Waals surface area contributed by atoms with Crippen molar-refractivity contribution in [2.75, 3.05) is 0 Å². The van der Waals surface area contributed by atoms with Gasteiger partial charge in [0.2, 0.25) is 0 Å². The topological polar surface area (TPSA) is 0 Å². The molecule has 0 atom stereocenters. The highest BCUT2D eigenvalue weighted by atomic mass is 14.1. The first kappa shape index (κ1) is 12.9. The van der Waals surface area contributed by atoms with E-state index in [9.17, 15) is 0 Å². The molecule has 0 aromatic rings. The summed E-state index contributed by atoms with van der Waals surface area (Å²) < 4.78 is 0. The minimum atomic E-state index is 0.0712. The van der Waals surface area contributed by atoms with Gasteiger partial charge in [-0.1, -0.05) is 23.7 Å². The summed E-state index contributed by atoms with van der Waals surface area (Å²) in [5, 5.41) is 0. The first-order valence-corrected chi connectivity index (χ1v) is 4.91. The van der Waals surface area contributed by atoms with E-state index in [2.05, 4.69) is 65.2 Å². The molecule has 14 heavy (non-hydrogen) atoms. The second kappa shape index (κ2) is 4.92. The minimum Gasteiger partial charge on any atom is -0.0926 e. The largest absolute Gasteiger partial charge is 0.0926 e. The number of rotatable bonds is 0. The molecule has 0 heteroatoms. The summed E-state index contributed by atoms with van der Waals surface area (Å²) >= 11 is 0. The van der Waals surface area contributed by atoms with Crippen LogP contribution in [0.3, 0.4) is 0 Å². The van der Waals surface area contributed by atoms with Crippen LogP contribution in [0.2, 0.25) is 0 Å². The van der Waals surface area contributed by atoms with E-state index < -0.39 is 0 Å². The molecule has 0 aromatic heterocycles. The number of hydrogen-bond donors (Lipinski definition) is 0. The second-order valence-electron chi connectivity index (χ2n) is 5.37. The summed E-state index contributed by atoms with van der Waals surface area (Å²) in [5.74, 6) is 12.2. The third-order valence-corrected chi connectivity index (χ3v) is 1.14. The van der Waals surface area contributed by atoms with Gasteiger partial charge >= 0.3 is 0 Å². The standard InChI is InChI=1S/C14H20/c1-13(2,3)11-9-7-8-10-12-14(4,5)6/h7-8H,1-6H3/b8-7-. The van der Waals surface area contributed by atoms with E-state index >= 15 is 0 Å². The molecule has 0 aliphatic carbocycles. The third kappa shape index (κ3) is 10.9. The van der Waals surface area contributed by atoms with Crippen molar-refractivity contribution < 1.29 is 0 Å². The Bertz CT molecular complexity index is 274. The quantitative estimate of drug-likeness (QED) is 0.509. The fourth-order valence-electron chi connectivity index (χ4n) is 0.600. The normalized spacial score (nSPS) is 11.6. The number of allylic oxidation sites excluding steroid dienone is 2. The van der Waals surface area contributed by atoms with E-state index in [1.54, 1.807) is 0 Å². The molecule has 0 heterocycles. The average Bonchev–Trinajstić information content (AvgIpc) is 1.92. The molecule has 0 unspecified atom stereocenters. The lowest BCUT2D eigenvalue weighted by molar-refractivity contribution is 0.570. The van der Waals surface area contributed by atoms with Crippen LogP contribution < -0.4 is 0 Å². The van der Waals surface area contributed by atoms with E-state index in [1.807, 2.05) is 12.2 Å².